The van der Waals surface area contributed by atoms with Gasteiger partial charge in [-0.3, -0.25) is 0 Å². The first kappa shape index (κ1) is 15.0. The van der Waals surface area contributed by atoms with Gasteiger partial charge < -0.3 is 10.4 Å². The van der Waals surface area contributed by atoms with Crippen molar-refractivity contribution in [1.82, 2.24) is 4.98 Å². The highest BCUT2D eigenvalue weighted by atomic mass is 35.5. The van der Waals surface area contributed by atoms with E-state index in [9.17, 15) is 13.2 Å². The minimum absolute atomic E-state index is 0.0491. The zero-order valence-electron chi connectivity index (χ0n) is 9.60. The Labute approximate surface area is 108 Å². The van der Waals surface area contributed by atoms with Crippen LogP contribution in [0.1, 0.15) is 24.8 Å². The van der Waals surface area contributed by atoms with Gasteiger partial charge in [-0.15, -0.1) is 0 Å². The van der Waals surface area contributed by atoms with Crippen LogP contribution in [0.5, 0.6) is 0 Å². The normalized spacial score (nSPS) is 11.6. The fourth-order valence-electron chi connectivity index (χ4n) is 1.34. The Bertz CT molecular complexity index is 385. The molecule has 18 heavy (non-hydrogen) atoms. The first-order valence-corrected chi connectivity index (χ1v) is 5.90. The Morgan fingerprint density at radius 3 is 2.56 bits per heavy atom. The highest BCUT2D eigenvalue weighted by Crippen LogP contribution is 2.32. The van der Waals surface area contributed by atoms with Crippen LogP contribution in [0, 0.1) is 0 Å². The molecule has 0 aliphatic carbocycles. The third kappa shape index (κ3) is 4.70. The molecule has 0 atom stereocenters. The van der Waals surface area contributed by atoms with E-state index in [1.165, 1.54) is 0 Å². The number of aliphatic hydroxyl groups excluding tert-OH is 1. The average molecular weight is 283 g/mol. The van der Waals surface area contributed by atoms with Crippen molar-refractivity contribution in [3.8, 4) is 0 Å². The second-order valence-electron chi connectivity index (χ2n) is 3.76. The van der Waals surface area contributed by atoms with Crippen molar-refractivity contribution in [3.05, 3.63) is 22.8 Å². The van der Waals surface area contributed by atoms with E-state index < -0.39 is 11.7 Å². The number of hydrogen-bond acceptors (Lipinski definition) is 3. The Hall–Kier alpha value is -1.01. The maximum Gasteiger partial charge on any atom is 0.417 e. The van der Waals surface area contributed by atoms with Gasteiger partial charge in [0.1, 0.15) is 5.82 Å². The summed E-state index contributed by atoms with van der Waals surface area (Å²) in [7, 11) is 0. The van der Waals surface area contributed by atoms with Gasteiger partial charge in [-0.25, -0.2) is 4.98 Å². The van der Waals surface area contributed by atoms with Crippen molar-refractivity contribution in [1.29, 1.82) is 0 Å². The van der Waals surface area contributed by atoms with Crippen LogP contribution in [-0.2, 0) is 6.18 Å². The smallest absolute Gasteiger partial charge is 0.396 e. The standard InChI is InChI=1S/C11H14ClF3N2O/c12-9-6-8(11(13,14)15)7-17-10(9)16-4-2-1-3-5-18/h6-7,18H,1-5H2,(H,16,17). The summed E-state index contributed by atoms with van der Waals surface area (Å²) in [4.78, 5) is 3.65. The lowest BCUT2D eigenvalue weighted by atomic mass is 10.2. The average Bonchev–Trinajstić information content (AvgIpc) is 2.29. The monoisotopic (exact) mass is 282 g/mol. The van der Waals surface area contributed by atoms with Crippen LogP contribution in [0.2, 0.25) is 5.02 Å². The summed E-state index contributed by atoms with van der Waals surface area (Å²) in [5.74, 6) is 0.244. The number of rotatable bonds is 6. The van der Waals surface area contributed by atoms with Gasteiger partial charge in [0.15, 0.2) is 0 Å². The quantitative estimate of drug-likeness (QED) is 0.787. The van der Waals surface area contributed by atoms with E-state index in [0.29, 0.717) is 13.0 Å². The SMILES string of the molecule is OCCCCCNc1ncc(C(F)(F)F)cc1Cl. The molecule has 3 nitrogen and oxygen atoms in total. The van der Waals surface area contributed by atoms with Gasteiger partial charge in [0, 0.05) is 19.3 Å². The number of unbranched alkanes of at least 4 members (excludes halogenated alkanes) is 2. The molecular weight excluding hydrogens is 269 g/mol. The summed E-state index contributed by atoms with van der Waals surface area (Å²) in [5.41, 5.74) is -0.863. The number of nitrogens with zero attached hydrogens (tertiary/aromatic N) is 1. The van der Waals surface area contributed by atoms with E-state index in [2.05, 4.69) is 10.3 Å². The summed E-state index contributed by atoms with van der Waals surface area (Å²) < 4.78 is 37.0. The predicted octanol–water partition coefficient (Wildman–Crippen LogP) is 3.33. The van der Waals surface area contributed by atoms with Gasteiger partial charge in [-0.05, 0) is 25.3 Å². The molecule has 7 heteroatoms. The second kappa shape index (κ2) is 6.80. The molecule has 0 aromatic carbocycles. The number of alkyl halides is 3. The molecule has 1 rings (SSSR count). The highest BCUT2D eigenvalue weighted by molar-refractivity contribution is 6.32. The first-order chi connectivity index (χ1) is 8.45. The number of aromatic nitrogens is 1. The van der Waals surface area contributed by atoms with E-state index in [-0.39, 0.29) is 17.4 Å². The largest absolute Gasteiger partial charge is 0.417 e. The van der Waals surface area contributed by atoms with Gasteiger partial charge in [0.05, 0.1) is 10.6 Å². The van der Waals surface area contributed by atoms with Crippen molar-refractivity contribution in [2.45, 2.75) is 25.4 Å². The zero-order valence-corrected chi connectivity index (χ0v) is 10.4. The Morgan fingerprint density at radius 2 is 2.00 bits per heavy atom. The van der Waals surface area contributed by atoms with Gasteiger partial charge in [0.25, 0.3) is 0 Å². The number of halogens is 4. The van der Waals surface area contributed by atoms with Gasteiger partial charge in [0.2, 0.25) is 0 Å². The maximum absolute atomic E-state index is 12.3. The summed E-state index contributed by atoms with van der Waals surface area (Å²) in [5, 5.41) is 11.4. The molecule has 0 unspecified atom stereocenters. The fourth-order valence-corrected chi connectivity index (χ4v) is 1.58. The van der Waals surface area contributed by atoms with Crippen LogP contribution >= 0.6 is 11.6 Å². The van der Waals surface area contributed by atoms with E-state index in [1.54, 1.807) is 0 Å². The number of anilines is 1. The summed E-state index contributed by atoms with van der Waals surface area (Å²) in [6.07, 6.45) is -1.35. The highest BCUT2D eigenvalue weighted by Gasteiger charge is 2.31. The summed E-state index contributed by atoms with van der Waals surface area (Å²) in [6, 6.07) is 0.852. The van der Waals surface area contributed by atoms with E-state index in [0.717, 1.165) is 25.1 Å². The molecule has 0 aliphatic heterocycles. The number of hydrogen-bond donors (Lipinski definition) is 2. The molecule has 0 bridgehead atoms. The van der Waals surface area contributed by atoms with Gasteiger partial charge >= 0.3 is 6.18 Å². The molecule has 1 aromatic rings. The van der Waals surface area contributed by atoms with Crippen LogP contribution < -0.4 is 5.32 Å². The van der Waals surface area contributed by atoms with E-state index in [4.69, 9.17) is 16.7 Å². The van der Waals surface area contributed by atoms with Crippen molar-refractivity contribution < 1.29 is 18.3 Å². The second-order valence-corrected chi connectivity index (χ2v) is 4.17. The number of nitrogens with one attached hydrogen (secondary N) is 1. The third-order valence-corrected chi connectivity index (χ3v) is 2.58. The molecule has 0 saturated carbocycles. The zero-order chi connectivity index (χ0) is 13.6. The molecule has 1 aromatic heterocycles. The molecule has 0 fully saturated rings. The minimum atomic E-state index is -4.43. The molecule has 102 valence electrons. The van der Waals surface area contributed by atoms with Crippen molar-refractivity contribution in [2.24, 2.45) is 0 Å². The lowest BCUT2D eigenvalue weighted by Crippen LogP contribution is -2.08. The van der Waals surface area contributed by atoms with Crippen LogP contribution in [0.3, 0.4) is 0 Å². The maximum atomic E-state index is 12.3. The third-order valence-electron chi connectivity index (χ3n) is 2.30. The lowest BCUT2D eigenvalue weighted by molar-refractivity contribution is -0.137. The van der Waals surface area contributed by atoms with E-state index >= 15 is 0 Å². The number of pyridine rings is 1. The van der Waals surface area contributed by atoms with Crippen LogP contribution in [-0.4, -0.2) is 23.2 Å². The lowest BCUT2D eigenvalue weighted by Gasteiger charge is -2.10. The van der Waals surface area contributed by atoms with Crippen molar-refractivity contribution in [3.63, 3.8) is 0 Å². The van der Waals surface area contributed by atoms with Crippen LogP contribution in [0.25, 0.3) is 0 Å². The van der Waals surface area contributed by atoms with Crippen molar-refractivity contribution >= 4 is 17.4 Å². The van der Waals surface area contributed by atoms with Crippen LogP contribution in [0.15, 0.2) is 12.3 Å². The topological polar surface area (TPSA) is 45.1 Å². The van der Waals surface area contributed by atoms with Crippen molar-refractivity contribution in [2.75, 3.05) is 18.5 Å². The van der Waals surface area contributed by atoms with Crippen LogP contribution in [0.4, 0.5) is 19.0 Å². The molecular formula is C11H14ClF3N2O. The Kier molecular flexibility index (Phi) is 5.68. The Balaban J connectivity index is 2.53. The molecule has 0 spiro atoms. The summed E-state index contributed by atoms with van der Waals surface area (Å²) >= 11 is 5.71. The first-order valence-electron chi connectivity index (χ1n) is 5.52. The molecule has 0 radical (unpaired) electrons. The van der Waals surface area contributed by atoms with E-state index in [1.807, 2.05) is 0 Å². The molecule has 0 saturated heterocycles. The molecule has 0 amide bonds. The minimum Gasteiger partial charge on any atom is -0.396 e. The Morgan fingerprint density at radius 1 is 1.28 bits per heavy atom. The predicted molar refractivity (Wildman–Crippen MR) is 63.7 cm³/mol. The summed E-state index contributed by atoms with van der Waals surface area (Å²) in [6.45, 7) is 0.692. The van der Waals surface area contributed by atoms with Gasteiger partial charge in [-0.1, -0.05) is 11.6 Å². The van der Waals surface area contributed by atoms with Gasteiger partial charge in [-0.2, -0.15) is 13.2 Å². The number of aliphatic hydroxyl groups is 1. The molecule has 1 heterocycles. The fraction of sp³-hybridized carbons (Fsp3) is 0.545. The molecule has 2 N–H and O–H groups in total. The molecule has 0 aliphatic rings.